The molecular formula is C11H23NO. The van der Waals surface area contributed by atoms with Gasteiger partial charge in [-0.1, -0.05) is 18.9 Å². The van der Waals surface area contributed by atoms with Crippen molar-refractivity contribution in [2.24, 2.45) is 0 Å². The van der Waals surface area contributed by atoms with Gasteiger partial charge in [-0.25, -0.2) is 0 Å². The van der Waals surface area contributed by atoms with Crippen LogP contribution >= 0.6 is 0 Å². The Bertz CT molecular complexity index is 134. The molecular weight excluding hydrogens is 162 g/mol. The maximum Gasteiger partial charge on any atom is 0.0558 e. The van der Waals surface area contributed by atoms with Crippen LogP contribution in [0.1, 0.15) is 33.1 Å². The summed E-state index contributed by atoms with van der Waals surface area (Å²) >= 11 is 0. The minimum atomic E-state index is 0.264. The maximum absolute atomic E-state index is 8.84. The molecule has 0 heterocycles. The Morgan fingerprint density at radius 3 is 2.46 bits per heavy atom. The lowest BCUT2D eigenvalue weighted by Gasteiger charge is -2.20. The molecule has 0 radical (unpaired) electrons. The maximum atomic E-state index is 8.84. The van der Waals surface area contributed by atoms with E-state index in [0.717, 1.165) is 26.1 Å². The van der Waals surface area contributed by atoms with Gasteiger partial charge in [-0.05, 0) is 26.3 Å². The number of hydrogen-bond donors (Lipinski definition) is 1. The standard InChI is InChI=1S/C11H23NO/c1-4-5-7-12(9-10-13)8-6-11(2)3/h13H,2,4-10H2,1,3H3. The van der Waals surface area contributed by atoms with Crippen LogP contribution in [0.3, 0.4) is 0 Å². The Morgan fingerprint density at radius 1 is 1.31 bits per heavy atom. The minimum absolute atomic E-state index is 0.264. The monoisotopic (exact) mass is 185 g/mol. The van der Waals surface area contributed by atoms with Crippen molar-refractivity contribution >= 4 is 0 Å². The highest BCUT2D eigenvalue weighted by Crippen LogP contribution is 2.01. The van der Waals surface area contributed by atoms with Crippen molar-refractivity contribution in [3.8, 4) is 0 Å². The van der Waals surface area contributed by atoms with E-state index in [0.29, 0.717) is 0 Å². The minimum Gasteiger partial charge on any atom is -0.395 e. The van der Waals surface area contributed by atoms with Crippen molar-refractivity contribution in [1.29, 1.82) is 0 Å². The summed E-state index contributed by atoms with van der Waals surface area (Å²) in [7, 11) is 0. The number of rotatable bonds is 8. The molecule has 0 aromatic heterocycles. The molecule has 13 heavy (non-hydrogen) atoms. The molecule has 0 saturated heterocycles. The quantitative estimate of drug-likeness (QED) is 0.585. The zero-order valence-corrected chi connectivity index (χ0v) is 9.05. The van der Waals surface area contributed by atoms with Crippen molar-refractivity contribution in [3.63, 3.8) is 0 Å². The smallest absolute Gasteiger partial charge is 0.0558 e. The molecule has 0 aromatic carbocycles. The van der Waals surface area contributed by atoms with Crippen LogP contribution in [0.5, 0.6) is 0 Å². The summed E-state index contributed by atoms with van der Waals surface area (Å²) in [5.74, 6) is 0. The predicted octanol–water partition coefficient (Wildman–Crippen LogP) is 2.05. The van der Waals surface area contributed by atoms with Crippen molar-refractivity contribution in [2.75, 3.05) is 26.2 Å². The van der Waals surface area contributed by atoms with Crippen molar-refractivity contribution in [2.45, 2.75) is 33.1 Å². The number of nitrogens with zero attached hydrogens (tertiary/aromatic N) is 1. The molecule has 0 atom stereocenters. The number of unbranched alkanes of at least 4 members (excludes halogenated alkanes) is 1. The summed E-state index contributed by atoms with van der Waals surface area (Å²) in [4.78, 5) is 2.30. The van der Waals surface area contributed by atoms with Crippen LogP contribution in [0, 0.1) is 0 Å². The third-order valence-corrected chi connectivity index (χ3v) is 2.10. The molecule has 0 spiro atoms. The van der Waals surface area contributed by atoms with E-state index in [4.69, 9.17) is 5.11 Å². The van der Waals surface area contributed by atoms with Crippen LogP contribution < -0.4 is 0 Å². The molecule has 1 N–H and O–H groups in total. The number of aliphatic hydroxyl groups is 1. The summed E-state index contributed by atoms with van der Waals surface area (Å²) in [5.41, 5.74) is 1.22. The second-order valence-corrected chi connectivity index (χ2v) is 3.63. The molecule has 0 unspecified atom stereocenters. The Hall–Kier alpha value is -0.340. The summed E-state index contributed by atoms with van der Waals surface area (Å²) < 4.78 is 0. The van der Waals surface area contributed by atoms with Gasteiger partial charge in [0.15, 0.2) is 0 Å². The zero-order chi connectivity index (χ0) is 10.1. The van der Waals surface area contributed by atoms with Crippen molar-refractivity contribution in [1.82, 2.24) is 4.90 Å². The van der Waals surface area contributed by atoms with Crippen LogP contribution in [-0.4, -0.2) is 36.2 Å². The third kappa shape index (κ3) is 8.00. The van der Waals surface area contributed by atoms with Gasteiger partial charge >= 0.3 is 0 Å². The van der Waals surface area contributed by atoms with E-state index in [1.54, 1.807) is 0 Å². The van der Waals surface area contributed by atoms with E-state index >= 15 is 0 Å². The largest absolute Gasteiger partial charge is 0.395 e. The Kier molecular flexibility index (Phi) is 8.05. The fourth-order valence-corrected chi connectivity index (χ4v) is 1.21. The van der Waals surface area contributed by atoms with Crippen LogP contribution in [-0.2, 0) is 0 Å². The highest BCUT2D eigenvalue weighted by molar-refractivity contribution is 4.88. The van der Waals surface area contributed by atoms with E-state index < -0.39 is 0 Å². The molecule has 0 fully saturated rings. The second kappa shape index (κ2) is 8.27. The molecule has 0 aliphatic heterocycles. The first-order valence-electron chi connectivity index (χ1n) is 5.18. The molecule has 0 aromatic rings. The first-order chi connectivity index (χ1) is 6.20. The molecule has 0 amide bonds. The van der Waals surface area contributed by atoms with Gasteiger partial charge in [0.1, 0.15) is 0 Å². The molecule has 2 nitrogen and oxygen atoms in total. The second-order valence-electron chi connectivity index (χ2n) is 3.63. The average Bonchev–Trinajstić information content (AvgIpc) is 2.09. The van der Waals surface area contributed by atoms with E-state index in [1.807, 2.05) is 0 Å². The average molecular weight is 185 g/mol. The van der Waals surface area contributed by atoms with Gasteiger partial charge in [0.05, 0.1) is 6.61 Å². The van der Waals surface area contributed by atoms with Crippen LogP contribution in [0.15, 0.2) is 12.2 Å². The van der Waals surface area contributed by atoms with Crippen molar-refractivity contribution in [3.05, 3.63) is 12.2 Å². The van der Waals surface area contributed by atoms with Gasteiger partial charge in [0.2, 0.25) is 0 Å². The van der Waals surface area contributed by atoms with Crippen molar-refractivity contribution < 1.29 is 5.11 Å². The fraction of sp³-hybridized carbons (Fsp3) is 0.818. The van der Waals surface area contributed by atoms with Gasteiger partial charge in [0.25, 0.3) is 0 Å². The van der Waals surface area contributed by atoms with Crippen LogP contribution in [0.4, 0.5) is 0 Å². The predicted molar refractivity (Wildman–Crippen MR) is 57.9 cm³/mol. The van der Waals surface area contributed by atoms with Gasteiger partial charge in [-0.3, -0.25) is 0 Å². The normalized spacial score (nSPS) is 10.8. The Morgan fingerprint density at radius 2 is 2.00 bits per heavy atom. The van der Waals surface area contributed by atoms with Gasteiger partial charge < -0.3 is 10.0 Å². The Balaban J connectivity index is 3.59. The highest BCUT2D eigenvalue weighted by atomic mass is 16.3. The van der Waals surface area contributed by atoms with Gasteiger partial charge in [0, 0.05) is 13.1 Å². The highest BCUT2D eigenvalue weighted by Gasteiger charge is 2.02. The Labute approximate surface area is 82.3 Å². The lowest BCUT2D eigenvalue weighted by Crippen LogP contribution is -2.29. The lowest BCUT2D eigenvalue weighted by atomic mass is 10.2. The summed E-state index contributed by atoms with van der Waals surface area (Å²) in [6.45, 7) is 11.3. The van der Waals surface area contributed by atoms with E-state index in [1.165, 1.54) is 18.4 Å². The first kappa shape index (κ1) is 12.7. The van der Waals surface area contributed by atoms with Crippen LogP contribution in [0.25, 0.3) is 0 Å². The van der Waals surface area contributed by atoms with Crippen LogP contribution in [0.2, 0.25) is 0 Å². The molecule has 0 bridgehead atoms. The molecule has 2 heteroatoms. The van der Waals surface area contributed by atoms with E-state index in [2.05, 4.69) is 25.3 Å². The number of hydrogen-bond acceptors (Lipinski definition) is 2. The molecule has 0 saturated carbocycles. The van der Waals surface area contributed by atoms with E-state index in [9.17, 15) is 0 Å². The van der Waals surface area contributed by atoms with Gasteiger partial charge in [-0.2, -0.15) is 0 Å². The molecule has 0 aliphatic rings. The number of aliphatic hydroxyl groups excluding tert-OH is 1. The summed E-state index contributed by atoms with van der Waals surface area (Å²) in [5, 5.41) is 8.84. The summed E-state index contributed by atoms with van der Waals surface area (Å²) in [6.07, 6.45) is 3.48. The lowest BCUT2D eigenvalue weighted by molar-refractivity contribution is 0.195. The fourth-order valence-electron chi connectivity index (χ4n) is 1.21. The van der Waals surface area contributed by atoms with Gasteiger partial charge in [-0.15, -0.1) is 6.58 Å². The topological polar surface area (TPSA) is 23.5 Å². The zero-order valence-electron chi connectivity index (χ0n) is 9.05. The first-order valence-corrected chi connectivity index (χ1v) is 5.18. The molecule has 0 aliphatic carbocycles. The molecule has 0 rings (SSSR count). The summed E-state index contributed by atoms with van der Waals surface area (Å²) in [6, 6.07) is 0. The SMILES string of the molecule is C=C(C)CCN(CCO)CCCC. The third-order valence-electron chi connectivity index (χ3n) is 2.10. The molecule has 78 valence electrons. The van der Waals surface area contributed by atoms with E-state index in [-0.39, 0.29) is 6.61 Å².